The van der Waals surface area contributed by atoms with Gasteiger partial charge in [-0.2, -0.15) is 0 Å². The van der Waals surface area contributed by atoms with Crippen LogP contribution in [0.4, 0.5) is 0 Å². The highest BCUT2D eigenvalue weighted by molar-refractivity contribution is 7.90. The number of hydrogen-bond acceptors (Lipinski definition) is 4. The molecule has 0 heterocycles. The zero-order valence-corrected chi connectivity index (χ0v) is 9.88. The summed E-state index contributed by atoms with van der Waals surface area (Å²) in [6, 6.07) is -0.737. The molecule has 0 aromatic rings. The highest BCUT2D eigenvalue weighted by atomic mass is 32.2. The topological polar surface area (TPSA) is 89.3 Å². The summed E-state index contributed by atoms with van der Waals surface area (Å²) in [5.74, 6) is -0.315. The Labute approximate surface area is 90.5 Å². The maximum absolute atomic E-state index is 11.4. The first-order valence-corrected chi connectivity index (χ1v) is 6.68. The molecule has 1 atom stereocenters. The van der Waals surface area contributed by atoms with E-state index in [0.717, 1.165) is 0 Å². The van der Waals surface area contributed by atoms with Gasteiger partial charge in [0.05, 0.1) is 11.3 Å². The molecule has 5 nitrogen and oxygen atoms in total. The maximum Gasteiger partial charge on any atom is 0.250 e. The van der Waals surface area contributed by atoms with Crippen molar-refractivity contribution in [2.24, 2.45) is 11.7 Å². The second-order valence-corrected chi connectivity index (χ2v) is 6.41. The summed E-state index contributed by atoms with van der Waals surface area (Å²) < 4.78 is 24.8. The molecule has 1 saturated carbocycles. The molecule has 0 bridgehead atoms. The van der Waals surface area contributed by atoms with Gasteiger partial charge in [0.15, 0.2) is 0 Å². The van der Waals surface area contributed by atoms with E-state index < -0.39 is 22.0 Å². The van der Waals surface area contributed by atoms with Gasteiger partial charge in [-0.3, -0.25) is 9.52 Å². The van der Waals surface area contributed by atoms with Gasteiger partial charge < -0.3 is 5.73 Å². The smallest absolute Gasteiger partial charge is 0.250 e. The first kappa shape index (κ1) is 12.4. The Morgan fingerprint density at radius 1 is 1.47 bits per heavy atom. The van der Waals surface area contributed by atoms with Crippen LogP contribution < -0.4 is 10.5 Å². The number of carbonyl (C=O) groups is 1. The van der Waals surface area contributed by atoms with Crippen LogP contribution in [0, 0.1) is 5.92 Å². The van der Waals surface area contributed by atoms with Crippen molar-refractivity contribution in [3.8, 4) is 0 Å². The lowest BCUT2D eigenvalue weighted by molar-refractivity contribution is -0.120. The van der Waals surface area contributed by atoms with Crippen molar-refractivity contribution in [3.05, 3.63) is 0 Å². The number of nitrogens with two attached hydrogens (primary N) is 1. The monoisotopic (exact) mass is 234 g/mol. The van der Waals surface area contributed by atoms with Crippen molar-refractivity contribution in [2.45, 2.75) is 44.4 Å². The summed E-state index contributed by atoms with van der Waals surface area (Å²) in [4.78, 5) is 11.4. The number of amides is 1. The molecule has 0 saturated heterocycles. The zero-order valence-electron chi connectivity index (χ0n) is 9.06. The van der Waals surface area contributed by atoms with E-state index in [0.29, 0.717) is 19.3 Å². The Hall–Kier alpha value is -0.620. The number of nitrogens with one attached hydrogen (secondary N) is 1. The predicted octanol–water partition coefficient (Wildman–Crippen LogP) is -0.0318. The van der Waals surface area contributed by atoms with Crippen LogP contribution in [0.5, 0.6) is 0 Å². The largest absolute Gasteiger partial charge is 0.320 e. The third-order valence-corrected chi connectivity index (χ3v) is 4.10. The number of hydrogen-bond donors (Lipinski definition) is 2. The van der Waals surface area contributed by atoms with Crippen molar-refractivity contribution in [3.63, 3.8) is 0 Å². The second kappa shape index (κ2) is 4.49. The Morgan fingerprint density at radius 3 is 2.40 bits per heavy atom. The SMILES string of the molecule is CC(C)C[C@H](N)C(=O)NS(=O)(=O)C1CC1. The number of carbonyl (C=O) groups excluding carboxylic acids is 1. The second-order valence-electron chi connectivity index (χ2n) is 4.45. The molecule has 15 heavy (non-hydrogen) atoms. The van der Waals surface area contributed by atoms with Gasteiger partial charge >= 0.3 is 0 Å². The van der Waals surface area contributed by atoms with E-state index in [1.165, 1.54) is 0 Å². The van der Waals surface area contributed by atoms with Gasteiger partial charge in [0.2, 0.25) is 15.9 Å². The molecule has 1 fully saturated rings. The van der Waals surface area contributed by atoms with Crippen LogP contribution in [-0.2, 0) is 14.8 Å². The van der Waals surface area contributed by atoms with Gasteiger partial charge in [-0.25, -0.2) is 8.42 Å². The van der Waals surface area contributed by atoms with Gasteiger partial charge in [0.1, 0.15) is 0 Å². The Bertz CT molecular complexity index is 333. The highest BCUT2D eigenvalue weighted by Gasteiger charge is 2.37. The Kier molecular flexibility index (Phi) is 3.72. The summed E-state index contributed by atoms with van der Waals surface area (Å²) in [6.07, 6.45) is 1.77. The quantitative estimate of drug-likeness (QED) is 0.699. The van der Waals surface area contributed by atoms with E-state index in [-0.39, 0.29) is 11.2 Å². The molecule has 1 rings (SSSR count). The molecule has 0 aliphatic heterocycles. The van der Waals surface area contributed by atoms with Crippen LogP contribution in [0.3, 0.4) is 0 Å². The fourth-order valence-electron chi connectivity index (χ4n) is 1.29. The fraction of sp³-hybridized carbons (Fsp3) is 0.889. The average molecular weight is 234 g/mol. The minimum atomic E-state index is -3.45. The minimum Gasteiger partial charge on any atom is -0.320 e. The third kappa shape index (κ3) is 3.79. The molecule has 0 unspecified atom stereocenters. The molecule has 6 heteroatoms. The minimum absolute atomic E-state index is 0.273. The van der Waals surface area contributed by atoms with E-state index in [1.54, 1.807) is 0 Å². The normalized spacial score (nSPS) is 18.9. The lowest BCUT2D eigenvalue weighted by Gasteiger charge is -2.13. The van der Waals surface area contributed by atoms with Crippen LogP contribution in [0.15, 0.2) is 0 Å². The van der Waals surface area contributed by atoms with Crippen molar-refractivity contribution < 1.29 is 13.2 Å². The third-order valence-electron chi connectivity index (χ3n) is 2.27. The maximum atomic E-state index is 11.4. The molecular formula is C9H18N2O3S. The zero-order chi connectivity index (χ0) is 11.6. The van der Waals surface area contributed by atoms with Crippen molar-refractivity contribution in [2.75, 3.05) is 0 Å². The van der Waals surface area contributed by atoms with E-state index in [4.69, 9.17) is 5.73 Å². The predicted molar refractivity (Wildman–Crippen MR) is 57.5 cm³/mol. The fourth-order valence-corrected chi connectivity index (χ4v) is 2.65. The number of sulfonamides is 1. The molecule has 0 spiro atoms. The van der Waals surface area contributed by atoms with Crippen molar-refractivity contribution in [1.82, 2.24) is 4.72 Å². The summed E-state index contributed by atoms with van der Waals surface area (Å²) in [6.45, 7) is 3.87. The van der Waals surface area contributed by atoms with Crippen molar-refractivity contribution >= 4 is 15.9 Å². The van der Waals surface area contributed by atoms with Crippen LogP contribution >= 0.6 is 0 Å². The Morgan fingerprint density at radius 2 is 2.00 bits per heavy atom. The van der Waals surface area contributed by atoms with Gasteiger partial charge in [-0.1, -0.05) is 13.8 Å². The highest BCUT2D eigenvalue weighted by Crippen LogP contribution is 2.27. The van der Waals surface area contributed by atoms with E-state index in [2.05, 4.69) is 0 Å². The molecule has 0 aromatic heterocycles. The molecule has 1 aliphatic rings. The van der Waals surface area contributed by atoms with Crippen molar-refractivity contribution in [1.29, 1.82) is 0 Å². The molecule has 1 amide bonds. The van der Waals surface area contributed by atoms with Crippen LogP contribution in [0.1, 0.15) is 33.1 Å². The summed E-state index contributed by atoms with van der Waals surface area (Å²) in [7, 11) is -3.45. The average Bonchev–Trinajstić information content (AvgIpc) is 2.83. The molecule has 1 aliphatic carbocycles. The standard InChI is InChI=1S/C9H18N2O3S/c1-6(2)5-8(10)9(12)11-15(13,14)7-3-4-7/h6-8H,3-5,10H2,1-2H3,(H,11,12)/t8-/m0/s1. The first-order chi connectivity index (χ1) is 6.83. The van der Waals surface area contributed by atoms with Crippen LogP contribution in [-0.4, -0.2) is 25.6 Å². The Balaban J connectivity index is 2.47. The summed E-state index contributed by atoms with van der Waals surface area (Å²) in [5.41, 5.74) is 5.57. The lowest BCUT2D eigenvalue weighted by atomic mass is 10.0. The molecule has 88 valence electrons. The molecule has 3 N–H and O–H groups in total. The van der Waals surface area contributed by atoms with Gasteiger partial charge in [0, 0.05) is 0 Å². The lowest BCUT2D eigenvalue weighted by Crippen LogP contribution is -2.45. The number of rotatable bonds is 5. The molecule has 0 aromatic carbocycles. The molecule has 0 radical (unpaired) electrons. The summed E-state index contributed by atoms with van der Waals surface area (Å²) in [5, 5.41) is -0.382. The van der Waals surface area contributed by atoms with Gasteiger partial charge in [0.25, 0.3) is 0 Å². The van der Waals surface area contributed by atoms with E-state index >= 15 is 0 Å². The van der Waals surface area contributed by atoms with Gasteiger partial charge in [-0.05, 0) is 25.2 Å². The van der Waals surface area contributed by atoms with Crippen LogP contribution in [0.25, 0.3) is 0 Å². The molecular weight excluding hydrogens is 216 g/mol. The van der Waals surface area contributed by atoms with E-state index in [1.807, 2.05) is 18.6 Å². The summed E-state index contributed by atoms with van der Waals surface area (Å²) >= 11 is 0. The van der Waals surface area contributed by atoms with Crippen LogP contribution in [0.2, 0.25) is 0 Å². The first-order valence-electron chi connectivity index (χ1n) is 5.14. The van der Waals surface area contributed by atoms with E-state index in [9.17, 15) is 13.2 Å². The van der Waals surface area contributed by atoms with Gasteiger partial charge in [-0.15, -0.1) is 0 Å².